The standard InChI is InChI=1S/C26H18F3N5O2S2/c1-15-24(22(38-34-15)12-17-14-30-20-4-2-3-5-21(20)32-17)25(35)33-16-6-11-23(31-13-16)36-18-7-9-19(10-8-18)37-26(27,28)29/h2-11,13-14H,12H2,1H3,(H,33,35). The number of aromatic nitrogens is 4. The number of halogens is 3. The maximum atomic E-state index is 13.1. The summed E-state index contributed by atoms with van der Waals surface area (Å²) in [6, 6.07) is 16.3. The summed E-state index contributed by atoms with van der Waals surface area (Å²) in [6.07, 6.45) is 3.55. The van der Waals surface area contributed by atoms with Crippen molar-refractivity contribution in [3.05, 3.63) is 94.9 Å². The van der Waals surface area contributed by atoms with Crippen LogP contribution in [0.2, 0.25) is 0 Å². The highest BCUT2D eigenvalue weighted by atomic mass is 32.2. The van der Waals surface area contributed by atoms with E-state index >= 15 is 0 Å². The van der Waals surface area contributed by atoms with E-state index in [0.717, 1.165) is 21.6 Å². The maximum absolute atomic E-state index is 13.1. The Labute approximate surface area is 223 Å². The van der Waals surface area contributed by atoms with Crippen molar-refractivity contribution in [1.82, 2.24) is 19.3 Å². The number of thioether (sulfide) groups is 1. The number of hydrogen-bond acceptors (Lipinski definition) is 8. The number of nitrogens with zero attached hydrogens (tertiary/aromatic N) is 4. The molecule has 0 atom stereocenters. The van der Waals surface area contributed by atoms with E-state index in [1.165, 1.54) is 42.0 Å². The van der Waals surface area contributed by atoms with Gasteiger partial charge in [-0.3, -0.25) is 9.78 Å². The summed E-state index contributed by atoms with van der Waals surface area (Å²) in [5.74, 6) is 0.235. The van der Waals surface area contributed by atoms with E-state index in [0.29, 0.717) is 29.1 Å². The van der Waals surface area contributed by atoms with Gasteiger partial charge in [0.15, 0.2) is 0 Å². The number of carbonyl (C=O) groups excluding carboxylic acids is 1. The van der Waals surface area contributed by atoms with E-state index in [2.05, 4.69) is 24.6 Å². The zero-order valence-corrected chi connectivity index (χ0v) is 21.3. The second kappa shape index (κ2) is 10.8. The molecule has 192 valence electrons. The number of hydrogen-bond donors (Lipinski definition) is 1. The Balaban J connectivity index is 1.24. The van der Waals surface area contributed by atoms with Crippen molar-refractivity contribution in [3.63, 3.8) is 0 Å². The molecule has 12 heteroatoms. The van der Waals surface area contributed by atoms with E-state index < -0.39 is 5.51 Å². The smallest absolute Gasteiger partial charge is 0.439 e. The van der Waals surface area contributed by atoms with Gasteiger partial charge in [-0.1, -0.05) is 12.1 Å². The molecule has 0 radical (unpaired) electrons. The van der Waals surface area contributed by atoms with Gasteiger partial charge < -0.3 is 10.1 Å². The third kappa shape index (κ3) is 6.26. The number of para-hydroxylation sites is 2. The minimum atomic E-state index is -4.35. The minimum absolute atomic E-state index is 0.0566. The van der Waals surface area contributed by atoms with Crippen LogP contribution < -0.4 is 10.1 Å². The monoisotopic (exact) mass is 553 g/mol. The zero-order valence-electron chi connectivity index (χ0n) is 19.7. The number of rotatable bonds is 7. The van der Waals surface area contributed by atoms with Crippen LogP contribution in [0, 0.1) is 6.92 Å². The molecule has 0 spiro atoms. The summed E-state index contributed by atoms with van der Waals surface area (Å²) in [4.78, 5) is 27.2. The Morgan fingerprint density at radius 3 is 2.47 bits per heavy atom. The lowest BCUT2D eigenvalue weighted by Crippen LogP contribution is -2.14. The molecule has 1 N–H and O–H groups in total. The van der Waals surface area contributed by atoms with E-state index in [1.807, 2.05) is 24.3 Å². The Kier molecular flexibility index (Phi) is 7.25. The predicted octanol–water partition coefficient (Wildman–Crippen LogP) is 7.04. The van der Waals surface area contributed by atoms with Gasteiger partial charge in [0.25, 0.3) is 5.91 Å². The van der Waals surface area contributed by atoms with Crippen molar-refractivity contribution in [2.24, 2.45) is 0 Å². The van der Waals surface area contributed by atoms with Crippen LogP contribution in [-0.4, -0.2) is 30.7 Å². The number of nitrogens with one attached hydrogen (secondary N) is 1. The number of carbonyl (C=O) groups is 1. The molecule has 1 amide bonds. The third-order valence-electron chi connectivity index (χ3n) is 5.27. The van der Waals surface area contributed by atoms with E-state index in [4.69, 9.17) is 4.74 Å². The van der Waals surface area contributed by atoms with Gasteiger partial charge in [-0.15, -0.1) is 0 Å². The molecule has 0 aliphatic heterocycles. The number of aryl methyl sites for hydroxylation is 1. The summed E-state index contributed by atoms with van der Waals surface area (Å²) < 4.78 is 47.4. The van der Waals surface area contributed by atoms with Crippen LogP contribution in [0.1, 0.15) is 26.6 Å². The first-order chi connectivity index (χ1) is 18.2. The third-order valence-corrected chi connectivity index (χ3v) is 6.95. The van der Waals surface area contributed by atoms with Crippen molar-refractivity contribution < 1.29 is 22.7 Å². The van der Waals surface area contributed by atoms with Crippen molar-refractivity contribution >= 4 is 45.9 Å². The van der Waals surface area contributed by atoms with Crippen LogP contribution in [0.15, 0.2) is 78.0 Å². The van der Waals surface area contributed by atoms with Gasteiger partial charge in [-0.25, -0.2) is 9.97 Å². The first-order valence-corrected chi connectivity index (χ1v) is 12.8. The first kappa shape index (κ1) is 25.6. The highest BCUT2D eigenvalue weighted by Crippen LogP contribution is 2.37. The van der Waals surface area contributed by atoms with Crippen LogP contribution in [0.3, 0.4) is 0 Å². The molecule has 0 saturated heterocycles. The Hall–Kier alpha value is -4.03. The van der Waals surface area contributed by atoms with Crippen molar-refractivity contribution in [3.8, 4) is 11.6 Å². The molecule has 0 saturated carbocycles. The lowest BCUT2D eigenvalue weighted by Gasteiger charge is -2.09. The summed E-state index contributed by atoms with van der Waals surface area (Å²) in [5, 5.41) is 2.83. The summed E-state index contributed by atoms with van der Waals surface area (Å²) >= 11 is 1.05. The van der Waals surface area contributed by atoms with E-state index in [-0.39, 0.29) is 28.4 Å². The number of alkyl halides is 3. The number of fused-ring (bicyclic) bond motifs is 1. The topological polar surface area (TPSA) is 89.9 Å². The first-order valence-electron chi connectivity index (χ1n) is 11.2. The van der Waals surface area contributed by atoms with Crippen LogP contribution in [0.4, 0.5) is 18.9 Å². The molecule has 3 aromatic heterocycles. The number of anilines is 1. The number of benzene rings is 2. The molecule has 0 aliphatic rings. The van der Waals surface area contributed by atoms with Crippen LogP contribution in [0.25, 0.3) is 11.0 Å². The highest BCUT2D eigenvalue weighted by Gasteiger charge is 2.29. The lowest BCUT2D eigenvalue weighted by molar-refractivity contribution is -0.0328. The molecule has 0 aliphatic carbocycles. The van der Waals surface area contributed by atoms with Gasteiger partial charge in [0.05, 0.1) is 39.9 Å². The van der Waals surface area contributed by atoms with Crippen LogP contribution in [0.5, 0.6) is 11.6 Å². The van der Waals surface area contributed by atoms with Gasteiger partial charge in [0.2, 0.25) is 5.88 Å². The molecule has 3 heterocycles. The molecule has 0 unspecified atom stereocenters. The molecule has 2 aromatic carbocycles. The van der Waals surface area contributed by atoms with Crippen molar-refractivity contribution in [2.75, 3.05) is 5.32 Å². The van der Waals surface area contributed by atoms with Crippen LogP contribution in [-0.2, 0) is 6.42 Å². The Morgan fingerprint density at radius 1 is 1.00 bits per heavy atom. The van der Waals surface area contributed by atoms with E-state index in [1.54, 1.807) is 25.3 Å². The molecule has 5 rings (SSSR count). The molecule has 7 nitrogen and oxygen atoms in total. The van der Waals surface area contributed by atoms with Gasteiger partial charge in [0, 0.05) is 28.5 Å². The average molecular weight is 554 g/mol. The minimum Gasteiger partial charge on any atom is -0.439 e. The van der Waals surface area contributed by atoms with Crippen LogP contribution >= 0.6 is 23.3 Å². The summed E-state index contributed by atoms with van der Waals surface area (Å²) in [6.45, 7) is 1.77. The summed E-state index contributed by atoms with van der Waals surface area (Å²) in [5.41, 5.74) is -0.518. The second-order valence-corrected chi connectivity index (χ2v) is 10.0. The van der Waals surface area contributed by atoms with Crippen molar-refractivity contribution in [2.45, 2.75) is 23.7 Å². The molecule has 0 fully saturated rings. The molecular formula is C26H18F3N5O2S2. The van der Waals surface area contributed by atoms with Gasteiger partial charge >= 0.3 is 5.51 Å². The lowest BCUT2D eigenvalue weighted by atomic mass is 10.1. The zero-order chi connectivity index (χ0) is 26.7. The van der Waals surface area contributed by atoms with E-state index in [9.17, 15) is 18.0 Å². The fourth-order valence-corrected chi connectivity index (χ4v) is 5.03. The maximum Gasteiger partial charge on any atom is 0.446 e. The average Bonchev–Trinajstić information content (AvgIpc) is 3.25. The molecule has 0 bridgehead atoms. The number of amides is 1. The molecule has 38 heavy (non-hydrogen) atoms. The second-order valence-electron chi connectivity index (χ2n) is 8.05. The Bertz CT molecular complexity index is 1590. The van der Waals surface area contributed by atoms with Gasteiger partial charge in [-0.2, -0.15) is 17.5 Å². The Morgan fingerprint density at radius 2 is 1.76 bits per heavy atom. The quantitative estimate of drug-likeness (QED) is 0.216. The fourth-order valence-electron chi connectivity index (χ4n) is 3.61. The molecule has 5 aromatic rings. The van der Waals surface area contributed by atoms with Crippen molar-refractivity contribution in [1.29, 1.82) is 0 Å². The number of ether oxygens (including phenoxy) is 1. The fraction of sp³-hybridized carbons (Fsp3) is 0.115. The largest absolute Gasteiger partial charge is 0.446 e. The molecular weight excluding hydrogens is 535 g/mol. The normalized spacial score (nSPS) is 11.5. The van der Waals surface area contributed by atoms with Gasteiger partial charge in [0.1, 0.15) is 5.75 Å². The highest BCUT2D eigenvalue weighted by molar-refractivity contribution is 8.00. The van der Waals surface area contributed by atoms with Gasteiger partial charge in [-0.05, 0) is 72.7 Å². The predicted molar refractivity (Wildman–Crippen MR) is 140 cm³/mol. The summed E-state index contributed by atoms with van der Waals surface area (Å²) in [7, 11) is 0. The SMILES string of the molecule is Cc1nsc(Cc2cnc3ccccc3n2)c1C(=O)Nc1ccc(Oc2ccc(SC(F)(F)F)cc2)nc1. The number of pyridine rings is 1.